The molecule has 1 aliphatic rings. The molecule has 0 unspecified atom stereocenters. The number of oxime groups is 1. The Morgan fingerprint density at radius 3 is 2.85 bits per heavy atom. The minimum atomic E-state index is -0.601. The predicted octanol–water partition coefficient (Wildman–Crippen LogP) is 1.24. The normalized spacial score (nSPS) is 12.9. The van der Waals surface area contributed by atoms with E-state index in [2.05, 4.69) is 25.4 Å². The smallest absolute Gasteiger partial charge is 0.312 e. The Bertz CT molecular complexity index is 782. The summed E-state index contributed by atoms with van der Waals surface area (Å²) in [4.78, 5) is 10.4. The van der Waals surface area contributed by atoms with E-state index in [0.717, 1.165) is 12.8 Å². The number of fused-ring (bicyclic) bond motifs is 1. The van der Waals surface area contributed by atoms with Crippen LogP contribution in [0.4, 0.5) is 9.18 Å². The Kier molecular flexibility index (Phi) is 7.21. The number of rotatable bonds is 5. The fraction of sp³-hybridized carbons (Fsp3) is 0.333. The van der Waals surface area contributed by atoms with Gasteiger partial charge >= 0.3 is 6.03 Å². The van der Waals surface area contributed by atoms with Crippen LogP contribution in [0.3, 0.4) is 0 Å². The van der Waals surface area contributed by atoms with Gasteiger partial charge in [0.1, 0.15) is 5.82 Å². The summed E-state index contributed by atoms with van der Waals surface area (Å²) in [6.07, 6.45) is 3.39. The van der Waals surface area contributed by atoms with Crippen molar-refractivity contribution >= 4 is 23.6 Å². The number of nitrogens with zero attached hydrogens (tertiary/aromatic N) is 3. The third kappa shape index (κ3) is 5.62. The topological polar surface area (TPSA) is 153 Å². The second-order valence-electron chi connectivity index (χ2n) is 5.31. The number of aromatic nitrogens is 2. The molecular weight excluding hydrogens is 363 g/mol. The van der Waals surface area contributed by atoms with Crippen LogP contribution in [0.2, 0.25) is 0 Å². The first-order valence-corrected chi connectivity index (χ1v) is 8.73. The Balaban J connectivity index is 0.000000206. The second kappa shape index (κ2) is 9.61. The van der Waals surface area contributed by atoms with Gasteiger partial charge < -0.3 is 22.0 Å². The number of amides is 2. The summed E-state index contributed by atoms with van der Waals surface area (Å²) in [5.41, 5.74) is 12.9. The quantitative estimate of drug-likeness (QED) is 0.151. The van der Waals surface area contributed by atoms with E-state index in [4.69, 9.17) is 16.7 Å². The first kappa shape index (κ1) is 19.5. The predicted molar refractivity (Wildman–Crippen MR) is 93.5 cm³/mol. The van der Waals surface area contributed by atoms with E-state index in [-0.39, 0.29) is 17.3 Å². The van der Waals surface area contributed by atoms with Crippen molar-refractivity contribution in [3.8, 4) is 0 Å². The molecule has 2 aromatic rings. The summed E-state index contributed by atoms with van der Waals surface area (Å²) in [7, 11) is 0. The van der Waals surface area contributed by atoms with Crippen LogP contribution in [-0.4, -0.2) is 39.7 Å². The maximum Gasteiger partial charge on any atom is 0.312 e. The molecule has 6 N–H and O–H groups in total. The van der Waals surface area contributed by atoms with Gasteiger partial charge in [0.15, 0.2) is 16.6 Å². The summed E-state index contributed by atoms with van der Waals surface area (Å²) in [5, 5.41) is 21.0. The molecule has 0 aliphatic heterocycles. The van der Waals surface area contributed by atoms with Crippen LogP contribution >= 0.6 is 11.8 Å². The van der Waals surface area contributed by atoms with Gasteiger partial charge in [-0.1, -0.05) is 23.0 Å². The van der Waals surface area contributed by atoms with Crippen molar-refractivity contribution in [3.05, 3.63) is 40.8 Å². The molecule has 140 valence electrons. The lowest BCUT2D eigenvalue weighted by Crippen LogP contribution is -2.31. The van der Waals surface area contributed by atoms with Gasteiger partial charge in [0.25, 0.3) is 0 Å². The summed E-state index contributed by atoms with van der Waals surface area (Å²) < 4.78 is 17.0. The molecule has 2 amide bonds. The monoisotopic (exact) mass is 382 g/mol. The van der Waals surface area contributed by atoms with Crippen molar-refractivity contribution in [1.29, 1.82) is 0 Å². The van der Waals surface area contributed by atoms with Crippen LogP contribution in [0.1, 0.15) is 23.2 Å². The van der Waals surface area contributed by atoms with E-state index in [0.29, 0.717) is 17.3 Å². The standard InChI is InChI=1S/C9H9F.C6H10N6O3S/c10-9-5-4-7-2-1-3-8(7)6-9;7-4(10-14)3-5(12-15-11-3)16-2-1-9-6(8)13/h4-6H,1-3H2;14H,1-2H2,(H2,7,10)(H3,8,9,13). The SMILES string of the molecule is Fc1ccc2c(c1)CCC2.NC(=O)NCCSc1nonc1/C(N)=N/O. The van der Waals surface area contributed by atoms with Gasteiger partial charge in [-0.3, -0.25) is 0 Å². The Morgan fingerprint density at radius 2 is 2.12 bits per heavy atom. The molecule has 1 aliphatic carbocycles. The van der Waals surface area contributed by atoms with Crippen molar-refractivity contribution in [1.82, 2.24) is 15.6 Å². The fourth-order valence-electron chi connectivity index (χ4n) is 2.34. The molecule has 1 aromatic carbocycles. The number of halogens is 1. The molecule has 0 atom stereocenters. The van der Waals surface area contributed by atoms with Gasteiger partial charge in [-0.25, -0.2) is 13.8 Å². The zero-order valence-electron chi connectivity index (χ0n) is 13.8. The Morgan fingerprint density at radius 1 is 1.35 bits per heavy atom. The van der Waals surface area contributed by atoms with Gasteiger partial charge in [-0.15, -0.1) is 0 Å². The number of urea groups is 1. The van der Waals surface area contributed by atoms with E-state index in [1.54, 1.807) is 12.1 Å². The minimum absolute atomic E-state index is 0.0966. The summed E-state index contributed by atoms with van der Waals surface area (Å²) in [6.45, 7) is 0.364. The lowest BCUT2D eigenvalue weighted by Gasteiger charge is -1.99. The molecule has 26 heavy (non-hydrogen) atoms. The van der Waals surface area contributed by atoms with Gasteiger partial charge in [0, 0.05) is 12.3 Å². The molecule has 3 rings (SSSR count). The number of amidine groups is 1. The van der Waals surface area contributed by atoms with Gasteiger partial charge in [0.05, 0.1) is 0 Å². The van der Waals surface area contributed by atoms with Crippen molar-refractivity contribution in [2.45, 2.75) is 24.3 Å². The van der Waals surface area contributed by atoms with Gasteiger partial charge in [-0.05, 0) is 52.8 Å². The number of primary amides is 1. The zero-order chi connectivity index (χ0) is 18.9. The average molecular weight is 382 g/mol. The van der Waals surface area contributed by atoms with E-state index >= 15 is 0 Å². The van der Waals surface area contributed by atoms with Gasteiger partial charge in [0.2, 0.25) is 0 Å². The highest BCUT2D eigenvalue weighted by atomic mass is 32.2. The van der Waals surface area contributed by atoms with Crippen LogP contribution in [0.25, 0.3) is 0 Å². The molecule has 9 nitrogen and oxygen atoms in total. The summed E-state index contributed by atoms with van der Waals surface area (Å²) >= 11 is 1.23. The highest BCUT2D eigenvalue weighted by Gasteiger charge is 2.14. The molecule has 0 spiro atoms. The van der Waals surface area contributed by atoms with Crippen molar-refractivity contribution in [2.24, 2.45) is 16.6 Å². The lowest BCUT2D eigenvalue weighted by molar-refractivity contribution is 0.249. The molecule has 0 fully saturated rings. The van der Waals surface area contributed by atoms with Crippen LogP contribution in [-0.2, 0) is 12.8 Å². The molecule has 0 saturated carbocycles. The number of carbonyl (C=O) groups is 1. The molecule has 0 saturated heterocycles. The average Bonchev–Trinajstić information content (AvgIpc) is 3.27. The number of benzene rings is 1. The largest absolute Gasteiger partial charge is 0.409 e. The number of nitrogens with two attached hydrogens (primary N) is 2. The third-order valence-electron chi connectivity index (χ3n) is 3.51. The van der Waals surface area contributed by atoms with Crippen LogP contribution in [0.5, 0.6) is 0 Å². The summed E-state index contributed by atoms with van der Waals surface area (Å²) in [5.74, 6) is 0.218. The van der Waals surface area contributed by atoms with Crippen molar-refractivity contribution < 1.29 is 19.0 Å². The molecule has 0 bridgehead atoms. The molecule has 11 heteroatoms. The second-order valence-corrected chi connectivity index (χ2v) is 6.39. The number of nitrogens with one attached hydrogen (secondary N) is 1. The molecule has 0 radical (unpaired) electrons. The molecular formula is C15H19FN6O3S. The van der Waals surface area contributed by atoms with Crippen molar-refractivity contribution in [3.63, 3.8) is 0 Å². The number of aryl methyl sites for hydroxylation is 2. The molecule has 1 aromatic heterocycles. The third-order valence-corrected chi connectivity index (χ3v) is 4.46. The van der Waals surface area contributed by atoms with Crippen molar-refractivity contribution in [2.75, 3.05) is 12.3 Å². The van der Waals surface area contributed by atoms with E-state index < -0.39 is 6.03 Å². The Labute approximate surface area is 153 Å². The first-order chi connectivity index (χ1) is 12.5. The first-order valence-electron chi connectivity index (χ1n) is 7.75. The number of hydrogen-bond donors (Lipinski definition) is 4. The minimum Gasteiger partial charge on any atom is -0.409 e. The highest BCUT2D eigenvalue weighted by Crippen LogP contribution is 2.21. The van der Waals surface area contributed by atoms with E-state index in [9.17, 15) is 9.18 Å². The summed E-state index contributed by atoms with van der Waals surface area (Å²) in [6, 6.07) is 4.50. The zero-order valence-corrected chi connectivity index (χ0v) is 14.6. The van der Waals surface area contributed by atoms with E-state index in [1.165, 1.54) is 29.3 Å². The van der Waals surface area contributed by atoms with Crippen LogP contribution in [0.15, 0.2) is 33.0 Å². The lowest BCUT2D eigenvalue weighted by atomic mass is 10.1. The van der Waals surface area contributed by atoms with Gasteiger partial charge in [-0.2, -0.15) is 0 Å². The fourth-order valence-corrected chi connectivity index (χ4v) is 3.10. The molecule has 1 heterocycles. The number of thioether (sulfide) groups is 1. The number of carbonyl (C=O) groups excluding carboxylic acids is 1. The van der Waals surface area contributed by atoms with E-state index in [1.807, 2.05) is 6.07 Å². The highest BCUT2D eigenvalue weighted by molar-refractivity contribution is 7.99. The number of hydrogen-bond acceptors (Lipinski definition) is 7. The maximum atomic E-state index is 12.6. The van der Waals surface area contributed by atoms with Crippen LogP contribution in [0, 0.1) is 5.82 Å². The Hall–Kier alpha value is -2.82. The van der Waals surface area contributed by atoms with Crippen LogP contribution < -0.4 is 16.8 Å². The maximum absolute atomic E-state index is 12.6.